The zero-order valence-electron chi connectivity index (χ0n) is 13.5. The van der Waals surface area contributed by atoms with Crippen molar-refractivity contribution in [2.75, 3.05) is 10.6 Å². The van der Waals surface area contributed by atoms with E-state index in [0.29, 0.717) is 5.69 Å². The molecule has 120 valence electrons. The Balaban J connectivity index is 1.95. The number of anilines is 3. The van der Waals surface area contributed by atoms with Gasteiger partial charge < -0.3 is 16.0 Å². The number of para-hydroxylation sites is 1. The first-order chi connectivity index (χ1) is 10.8. The highest BCUT2D eigenvalue weighted by molar-refractivity contribution is 6.39. The SMILES string of the molecule is CC(C)(C)NC(=O)C(=O)Nc1ccc(Nc2ccccc2)cc1. The van der Waals surface area contributed by atoms with Gasteiger partial charge in [-0.1, -0.05) is 18.2 Å². The highest BCUT2D eigenvalue weighted by Gasteiger charge is 2.20. The molecular formula is C18H21N3O2. The minimum absolute atomic E-state index is 0.447. The molecule has 0 aliphatic carbocycles. The van der Waals surface area contributed by atoms with Crippen LogP contribution in [-0.4, -0.2) is 17.4 Å². The second kappa shape index (κ2) is 6.96. The first kappa shape index (κ1) is 16.5. The Hall–Kier alpha value is -2.82. The summed E-state index contributed by atoms with van der Waals surface area (Å²) in [7, 11) is 0. The quantitative estimate of drug-likeness (QED) is 0.762. The lowest BCUT2D eigenvalue weighted by atomic mass is 10.1. The maximum atomic E-state index is 11.8. The van der Waals surface area contributed by atoms with Crippen molar-refractivity contribution in [2.24, 2.45) is 0 Å². The molecule has 0 radical (unpaired) electrons. The van der Waals surface area contributed by atoms with Gasteiger partial charge in [0.1, 0.15) is 0 Å². The molecule has 2 aromatic carbocycles. The van der Waals surface area contributed by atoms with Gasteiger partial charge >= 0.3 is 11.8 Å². The van der Waals surface area contributed by atoms with E-state index in [1.165, 1.54) is 0 Å². The highest BCUT2D eigenvalue weighted by atomic mass is 16.2. The van der Waals surface area contributed by atoms with Gasteiger partial charge in [-0.05, 0) is 57.2 Å². The van der Waals surface area contributed by atoms with Crippen molar-refractivity contribution in [3.8, 4) is 0 Å². The second-order valence-corrected chi connectivity index (χ2v) is 6.23. The van der Waals surface area contributed by atoms with Crippen molar-refractivity contribution in [1.29, 1.82) is 0 Å². The monoisotopic (exact) mass is 311 g/mol. The van der Waals surface area contributed by atoms with E-state index in [1.807, 2.05) is 63.2 Å². The number of hydrogen-bond acceptors (Lipinski definition) is 3. The third-order valence-corrected chi connectivity index (χ3v) is 2.90. The Morgan fingerprint density at radius 2 is 1.26 bits per heavy atom. The van der Waals surface area contributed by atoms with Crippen LogP contribution in [0.15, 0.2) is 54.6 Å². The zero-order valence-corrected chi connectivity index (χ0v) is 13.5. The summed E-state index contributed by atoms with van der Waals surface area (Å²) in [5.41, 5.74) is 2.00. The Morgan fingerprint density at radius 3 is 1.83 bits per heavy atom. The summed E-state index contributed by atoms with van der Waals surface area (Å²) in [5, 5.41) is 8.44. The normalized spacial score (nSPS) is 10.7. The van der Waals surface area contributed by atoms with Gasteiger partial charge in [0.15, 0.2) is 0 Å². The fourth-order valence-corrected chi connectivity index (χ4v) is 1.91. The van der Waals surface area contributed by atoms with Gasteiger partial charge in [-0.25, -0.2) is 0 Å². The molecule has 0 saturated carbocycles. The minimum Gasteiger partial charge on any atom is -0.356 e. The van der Waals surface area contributed by atoms with Gasteiger partial charge in [-0.3, -0.25) is 9.59 Å². The fourth-order valence-electron chi connectivity index (χ4n) is 1.91. The maximum absolute atomic E-state index is 11.8. The Kier molecular flexibility index (Phi) is 5.01. The molecule has 23 heavy (non-hydrogen) atoms. The summed E-state index contributed by atoms with van der Waals surface area (Å²) in [4.78, 5) is 23.6. The smallest absolute Gasteiger partial charge is 0.313 e. The van der Waals surface area contributed by atoms with E-state index < -0.39 is 17.4 Å². The summed E-state index contributed by atoms with van der Waals surface area (Å²) in [6.07, 6.45) is 0. The number of carbonyl (C=O) groups excluding carboxylic acids is 2. The predicted octanol–water partition coefficient (Wildman–Crippen LogP) is 3.28. The first-order valence-electron chi connectivity index (χ1n) is 7.39. The van der Waals surface area contributed by atoms with E-state index in [0.717, 1.165) is 11.4 Å². The molecule has 0 aliphatic rings. The molecule has 3 N–H and O–H groups in total. The van der Waals surface area contributed by atoms with Gasteiger partial charge in [0, 0.05) is 22.6 Å². The molecular weight excluding hydrogens is 290 g/mol. The zero-order chi connectivity index (χ0) is 16.9. The topological polar surface area (TPSA) is 70.2 Å². The molecule has 0 atom stereocenters. The van der Waals surface area contributed by atoms with Crippen LogP contribution in [0.3, 0.4) is 0 Å². The number of hydrogen-bond donors (Lipinski definition) is 3. The van der Waals surface area contributed by atoms with Crippen LogP contribution in [0.4, 0.5) is 17.1 Å². The number of amides is 2. The third kappa shape index (κ3) is 5.47. The molecule has 2 aromatic rings. The molecule has 0 bridgehead atoms. The van der Waals surface area contributed by atoms with Crippen LogP contribution in [0.1, 0.15) is 20.8 Å². The summed E-state index contributed by atoms with van der Waals surface area (Å²) >= 11 is 0. The fraction of sp³-hybridized carbons (Fsp3) is 0.222. The molecule has 0 fully saturated rings. The van der Waals surface area contributed by atoms with E-state index in [-0.39, 0.29) is 0 Å². The summed E-state index contributed by atoms with van der Waals surface area (Å²) in [6.45, 7) is 5.46. The molecule has 0 saturated heterocycles. The van der Waals surface area contributed by atoms with Crippen molar-refractivity contribution < 1.29 is 9.59 Å². The van der Waals surface area contributed by atoms with E-state index in [1.54, 1.807) is 12.1 Å². The Bertz CT molecular complexity index is 674. The predicted molar refractivity (Wildman–Crippen MR) is 92.7 cm³/mol. The molecule has 5 heteroatoms. The standard InChI is InChI=1S/C18H21N3O2/c1-18(2,3)21-17(23)16(22)20-15-11-9-14(10-12-15)19-13-7-5-4-6-8-13/h4-12,19H,1-3H3,(H,20,22)(H,21,23). The summed E-state index contributed by atoms with van der Waals surface area (Å²) in [5.74, 6) is -1.33. The van der Waals surface area contributed by atoms with Crippen LogP contribution < -0.4 is 16.0 Å². The first-order valence-corrected chi connectivity index (χ1v) is 7.39. The van der Waals surface area contributed by atoms with Crippen molar-refractivity contribution in [3.05, 3.63) is 54.6 Å². The molecule has 2 amide bonds. The van der Waals surface area contributed by atoms with Gasteiger partial charge in [-0.15, -0.1) is 0 Å². The lowest BCUT2D eigenvalue weighted by molar-refractivity contribution is -0.137. The molecule has 0 aromatic heterocycles. The highest BCUT2D eigenvalue weighted by Crippen LogP contribution is 2.18. The van der Waals surface area contributed by atoms with Crippen LogP contribution in [0, 0.1) is 0 Å². The van der Waals surface area contributed by atoms with E-state index in [4.69, 9.17) is 0 Å². The average Bonchev–Trinajstić information content (AvgIpc) is 2.48. The molecule has 0 unspecified atom stereocenters. The van der Waals surface area contributed by atoms with Gasteiger partial charge in [0.05, 0.1) is 0 Å². The third-order valence-electron chi connectivity index (χ3n) is 2.90. The molecule has 5 nitrogen and oxygen atoms in total. The number of carbonyl (C=O) groups is 2. The minimum atomic E-state index is -0.677. The lowest BCUT2D eigenvalue weighted by Gasteiger charge is -2.19. The Labute approximate surface area is 136 Å². The van der Waals surface area contributed by atoms with E-state index in [2.05, 4.69) is 16.0 Å². The van der Waals surface area contributed by atoms with Gasteiger partial charge in [0.25, 0.3) is 0 Å². The summed E-state index contributed by atoms with van der Waals surface area (Å²) in [6, 6.07) is 16.9. The average molecular weight is 311 g/mol. The van der Waals surface area contributed by atoms with Crippen LogP contribution >= 0.6 is 0 Å². The van der Waals surface area contributed by atoms with Crippen molar-refractivity contribution in [2.45, 2.75) is 26.3 Å². The molecule has 0 aliphatic heterocycles. The van der Waals surface area contributed by atoms with Gasteiger partial charge in [0.2, 0.25) is 0 Å². The molecule has 0 spiro atoms. The largest absolute Gasteiger partial charge is 0.356 e. The number of nitrogens with one attached hydrogen (secondary N) is 3. The summed E-state index contributed by atoms with van der Waals surface area (Å²) < 4.78 is 0. The maximum Gasteiger partial charge on any atom is 0.313 e. The van der Waals surface area contributed by atoms with Crippen LogP contribution in [0.5, 0.6) is 0 Å². The number of benzene rings is 2. The van der Waals surface area contributed by atoms with Crippen LogP contribution in [0.2, 0.25) is 0 Å². The lowest BCUT2D eigenvalue weighted by Crippen LogP contribution is -2.46. The Morgan fingerprint density at radius 1 is 0.739 bits per heavy atom. The second-order valence-electron chi connectivity index (χ2n) is 6.23. The van der Waals surface area contributed by atoms with E-state index in [9.17, 15) is 9.59 Å². The van der Waals surface area contributed by atoms with Crippen LogP contribution in [-0.2, 0) is 9.59 Å². The van der Waals surface area contributed by atoms with Crippen molar-refractivity contribution >= 4 is 28.9 Å². The van der Waals surface area contributed by atoms with E-state index >= 15 is 0 Å². The number of rotatable bonds is 3. The van der Waals surface area contributed by atoms with Crippen LogP contribution in [0.25, 0.3) is 0 Å². The molecule has 2 rings (SSSR count). The van der Waals surface area contributed by atoms with Gasteiger partial charge in [-0.2, -0.15) is 0 Å². The molecule has 0 heterocycles. The van der Waals surface area contributed by atoms with Crippen molar-refractivity contribution in [1.82, 2.24) is 5.32 Å². The van der Waals surface area contributed by atoms with Crippen molar-refractivity contribution in [3.63, 3.8) is 0 Å².